The molecule has 1 heterocycles. The van der Waals surface area contributed by atoms with Crippen molar-refractivity contribution in [3.8, 4) is 0 Å². The van der Waals surface area contributed by atoms with Crippen LogP contribution in [0.2, 0.25) is 0 Å². The van der Waals surface area contributed by atoms with Crippen molar-refractivity contribution in [2.45, 2.75) is 6.42 Å². The van der Waals surface area contributed by atoms with Crippen LogP contribution in [0, 0.1) is 0 Å². The van der Waals surface area contributed by atoms with Crippen LogP contribution in [0.25, 0.3) is 22.7 Å². The van der Waals surface area contributed by atoms with Gasteiger partial charge in [-0.2, -0.15) is 0 Å². The number of carboxylic acid groups (broad SMARTS) is 1. The van der Waals surface area contributed by atoms with Gasteiger partial charge in [-0.25, -0.2) is 0 Å². The maximum absolute atomic E-state index is 11.4. The summed E-state index contributed by atoms with van der Waals surface area (Å²) in [5, 5.41) is 9.45. The molecule has 0 amide bonds. The maximum Gasteiger partial charge on any atom is 0.323 e. The van der Waals surface area contributed by atoms with E-state index in [1.807, 2.05) is 24.3 Å². The van der Waals surface area contributed by atoms with Crippen molar-refractivity contribution in [3.63, 3.8) is 0 Å². The molecule has 5 nitrogen and oxygen atoms in total. The van der Waals surface area contributed by atoms with Gasteiger partial charge in [0.05, 0.1) is 11.3 Å². The molecule has 1 aliphatic carbocycles. The molecule has 0 spiro atoms. The lowest BCUT2D eigenvalue weighted by atomic mass is 10.1. The first-order chi connectivity index (χ1) is 9.15. The molecule has 0 unspecified atom stereocenters. The van der Waals surface area contributed by atoms with Gasteiger partial charge in [0.2, 0.25) is 0 Å². The van der Waals surface area contributed by atoms with Crippen LogP contribution >= 0.6 is 0 Å². The summed E-state index contributed by atoms with van der Waals surface area (Å²) in [6, 6.07) is 7.59. The summed E-state index contributed by atoms with van der Waals surface area (Å²) >= 11 is 0. The van der Waals surface area contributed by atoms with E-state index in [1.165, 1.54) is 0 Å². The monoisotopic (exact) mass is 255 g/mol. The summed E-state index contributed by atoms with van der Waals surface area (Å²) in [6.45, 7) is 0. The van der Waals surface area contributed by atoms with Gasteiger partial charge in [0.15, 0.2) is 5.76 Å². The number of aliphatic carboxylic acids is 1. The quantitative estimate of drug-likeness (QED) is 0.500. The van der Waals surface area contributed by atoms with Crippen LogP contribution in [0.1, 0.15) is 17.7 Å². The number of para-hydroxylation sites is 1. The summed E-state index contributed by atoms with van der Waals surface area (Å²) in [5.74, 6) is -1.76. The van der Waals surface area contributed by atoms with Crippen LogP contribution in [0.5, 0.6) is 0 Å². The number of esters is 1. The van der Waals surface area contributed by atoms with Gasteiger partial charge in [-0.15, -0.1) is 0 Å². The normalized spacial score (nSPS) is 12.3. The van der Waals surface area contributed by atoms with Crippen LogP contribution in [0.15, 0.2) is 30.0 Å². The smallest absolute Gasteiger partial charge is 0.323 e. The lowest BCUT2D eigenvalue weighted by Crippen LogP contribution is -2.09. The van der Waals surface area contributed by atoms with Gasteiger partial charge < -0.3 is 14.8 Å². The number of H-pyrrole nitrogens is 1. The number of hydrogen-bond acceptors (Lipinski definition) is 3. The first-order valence-corrected chi connectivity index (χ1v) is 5.65. The zero-order valence-electron chi connectivity index (χ0n) is 9.77. The fourth-order valence-corrected chi connectivity index (χ4v) is 2.08. The van der Waals surface area contributed by atoms with E-state index in [4.69, 9.17) is 9.84 Å². The van der Waals surface area contributed by atoms with E-state index >= 15 is 0 Å². The molecule has 1 aromatic carbocycles. The van der Waals surface area contributed by atoms with Crippen LogP contribution in [0.4, 0.5) is 0 Å². The Labute approximate surface area is 107 Å². The highest BCUT2D eigenvalue weighted by Gasteiger charge is 2.21. The lowest BCUT2D eigenvalue weighted by molar-refractivity contribution is -0.146. The molecule has 0 saturated carbocycles. The first-order valence-electron chi connectivity index (χ1n) is 5.65. The number of nitrogens with one attached hydrogen (secondary N) is 1. The Morgan fingerprint density at radius 2 is 2.11 bits per heavy atom. The Bertz CT molecular complexity index is 763. The minimum Gasteiger partial charge on any atom is -0.481 e. The Morgan fingerprint density at radius 1 is 1.32 bits per heavy atom. The second-order valence-electron chi connectivity index (χ2n) is 4.12. The van der Waals surface area contributed by atoms with Crippen molar-refractivity contribution in [2.75, 3.05) is 0 Å². The third kappa shape index (κ3) is 1.92. The molecule has 0 saturated heterocycles. The summed E-state index contributed by atoms with van der Waals surface area (Å²) < 4.78 is 5.05. The largest absolute Gasteiger partial charge is 0.481 e. The van der Waals surface area contributed by atoms with E-state index in [1.54, 1.807) is 6.08 Å². The highest BCUT2D eigenvalue weighted by Crippen LogP contribution is 2.33. The van der Waals surface area contributed by atoms with Crippen molar-refractivity contribution in [3.05, 3.63) is 41.3 Å². The van der Waals surface area contributed by atoms with Gasteiger partial charge in [-0.05, 0) is 6.07 Å². The van der Waals surface area contributed by atoms with Crippen molar-refractivity contribution >= 4 is 34.7 Å². The second-order valence-corrected chi connectivity index (χ2v) is 4.12. The van der Waals surface area contributed by atoms with Crippen molar-refractivity contribution < 1.29 is 19.4 Å². The standard InChI is InChI=1S/C14H9NO4/c16-12(17)7-13(18)19-11-6-5-10-14(11)8-3-1-2-4-9(8)15-10/h1-5,15H,7H2,(H,16,17). The number of hydrogen-bond donors (Lipinski definition) is 2. The van der Waals surface area contributed by atoms with Gasteiger partial charge in [-0.1, -0.05) is 23.9 Å². The van der Waals surface area contributed by atoms with E-state index in [2.05, 4.69) is 10.7 Å². The molecule has 0 radical (unpaired) electrons. The molecule has 1 aromatic heterocycles. The van der Waals surface area contributed by atoms with Crippen LogP contribution in [0.3, 0.4) is 0 Å². The van der Waals surface area contributed by atoms with Gasteiger partial charge in [-0.3, -0.25) is 9.59 Å². The highest BCUT2D eigenvalue weighted by atomic mass is 16.5. The summed E-state index contributed by atoms with van der Waals surface area (Å²) in [6.07, 6.45) is 1.02. The van der Waals surface area contributed by atoms with Crippen LogP contribution in [-0.4, -0.2) is 22.0 Å². The van der Waals surface area contributed by atoms with E-state index in [0.29, 0.717) is 0 Å². The van der Waals surface area contributed by atoms with E-state index < -0.39 is 18.4 Å². The van der Waals surface area contributed by atoms with Crippen LogP contribution < -0.4 is 0 Å². The predicted molar refractivity (Wildman–Crippen MR) is 68.0 cm³/mol. The second kappa shape index (κ2) is 4.15. The molecule has 1 aliphatic rings. The molecule has 5 heteroatoms. The summed E-state index contributed by atoms with van der Waals surface area (Å²) in [4.78, 5) is 25.0. The van der Waals surface area contributed by atoms with Gasteiger partial charge in [0.1, 0.15) is 6.42 Å². The zero-order chi connectivity index (χ0) is 13.4. The van der Waals surface area contributed by atoms with Gasteiger partial charge in [0, 0.05) is 17.0 Å². The van der Waals surface area contributed by atoms with E-state index in [9.17, 15) is 9.59 Å². The fraction of sp³-hybridized carbons (Fsp3) is 0.0714. The lowest BCUT2D eigenvalue weighted by Gasteiger charge is -2.03. The molecule has 0 fully saturated rings. The minimum atomic E-state index is -1.22. The molecule has 0 aliphatic heterocycles. The molecule has 94 valence electrons. The van der Waals surface area contributed by atoms with Gasteiger partial charge in [0.25, 0.3) is 0 Å². The van der Waals surface area contributed by atoms with Crippen molar-refractivity contribution in [1.82, 2.24) is 4.98 Å². The zero-order valence-corrected chi connectivity index (χ0v) is 9.77. The number of benzene rings is 1. The minimum absolute atomic E-state index is 0.263. The van der Waals surface area contributed by atoms with Crippen molar-refractivity contribution in [2.24, 2.45) is 0 Å². The number of ether oxygens (including phenoxy) is 1. The Morgan fingerprint density at radius 3 is 2.89 bits per heavy atom. The fourth-order valence-electron chi connectivity index (χ4n) is 2.08. The molecule has 19 heavy (non-hydrogen) atoms. The number of aromatic amines is 1. The van der Waals surface area contributed by atoms with Crippen molar-refractivity contribution in [1.29, 1.82) is 0 Å². The molecule has 0 bridgehead atoms. The average molecular weight is 255 g/mol. The predicted octanol–water partition coefficient (Wildman–Crippen LogP) is 2.15. The number of carbonyl (C=O) groups is 2. The maximum atomic E-state index is 11.4. The molecular weight excluding hydrogens is 246 g/mol. The molecule has 2 aromatic rings. The Hall–Kier alpha value is -2.78. The topological polar surface area (TPSA) is 79.4 Å². The summed E-state index contributed by atoms with van der Waals surface area (Å²) in [7, 11) is 0. The Balaban J connectivity index is 1.94. The average Bonchev–Trinajstić information content (AvgIpc) is 2.88. The number of aromatic nitrogens is 1. The molecule has 3 rings (SSSR count). The molecular formula is C14H9NO4. The van der Waals surface area contributed by atoms with Gasteiger partial charge >= 0.3 is 11.9 Å². The summed E-state index contributed by atoms with van der Waals surface area (Å²) in [5.41, 5.74) is 5.30. The van der Waals surface area contributed by atoms with Crippen LogP contribution in [-0.2, 0) is 14.3 Å². The SMILES string of the molecule is O=C(O)CC(=O)OC1=C=Cc2[nH]c3ccccc3c21. The Kier molecular flexibility index (Phi) is 2.47. The number of fused-ring (bicyclic) bond motifs is 3. The third-order valence-electron chi connectivity index (χ3n) is 2.82. The first kappa shape index (κ1) is 11.3. The number of carboxylic acids is 1. The molecule has 0 atom stereocenters. The number of carbonyl (C=O) groups excluding carboxylic acids is 1. The molecule has 2 N–H and O–H groups in total. The third-order valence-corrected chi connectivity index (χ3v) is 2.82. The number of rotatable bonds is 3. The van der Waals surface area contributed by atoms with E-state index in [-0.39, 0.29) is 5.76 Å². The highest BCUT2D eigenvalue weighted by molar-refractivity contribution is 6.01. The van der Waals surface area contributed by atoms with E-state index in [0.717, 1.165) is 22.2 Å².